The number of ether oxygens (including phenoxy) is 3. The summed E-state index contributed by atoms with van der Waals surface area (Å²) < 4.78 is 14.7. The van der Waals surface area contributed by atoms with Gasteiger partial charge in [0.1, 0.15) is 13.2 Å². The molecule has 0 aliphatic rings. The van der Waals surface area contributed by atoms with Gasteiger partial charge in [-0.3, -0.25) is 0 Å². The van der Waals surface area contributed by atoms with Gasteiger partial charge < -0.3 is 29.5 Å². The summed E-state index contributed by atoms with van der Waals surface area (Å²) in [7, 11) is 0. The van der Waals surface area contributed by atoms with Crippen LogP contribution in [0, 0.1) is 5.41 Å². The van der Waals surface area contributed by atoms with E-state index in [0.717, 1.165) is 0 Å². The molecule has 0 saturated heterocycles. The molecular weight excluding hydrogens is 344 g/mol. The van der Waals surface area contributed by atoms with Crippen LogP contribution in [0.3, 0.4) is 0 Å². The van der Waals surface area contributed by atoms with Gasteiger partial charge in [0.15, 0.2) is 0 Å². The summed E-state index contributed by atoms with van der Waals surface area (Å²) in [5, 5.41) is 25.6. The van der Waals surface area contributed by atoms with Crippen LogP contribution in [0.5, 0.6) is 0 Å². The number of carbonyl (C=O) groups excluding carboxylic acids is 2. The maximum Gasteiger partial charge on any atom is 0.333 e. The Morgan fingerprint density at radius 1 is 0.885 bits per heavy atom. The molecule has 0 aromatic rings. The Morgan fingerprint density at radius 2 is 1.27 bits per heavy atom. The first-order valence-corrected chi connectivity index (χ1v) is 8.25. The van der Waals surface area contributed by atoms with Crippen molar-refractivity contribution in [1.29, 1.82) is 0 Å². The van der Waals surface area contributed by atoms with Crippen molar-refractivity contribution in [2.45, 2.75) is 27.2 Å². The SMILES string of the molecule is C=C(C)C(=O)OCC(CC)(CO)COC(=O)C(=C)C.OCCOCCO. The number of carbonyl (C=O) groups is 2. The van der Waals surface area contributed by atoms with Crippen LogP contribution >= 0.6 is 0 Å². The Bertz CT molecular complexity index is 404. The van der Waals surface area contributed by atoms with Gasteiger partial charge in [0.2, 0.25) is 0 Å². The summed E-state index contributed by atoms with van der Waals surface area (Å²) in [4.78, 5) is 22.7. The highest BCUT2D eigenvalue weighted by Crippen LogP contribution is 2.23. The Labute approximate surface area is 155 Å². The molecule has 8 heteroatoms. The van der Waals surface area contributed by atoms with Gasteiger partial charge in [-0.1, -0.05) is 20.1 Å². The summed E-state index contributed by atoms with van der Waals surface area (Å²) >= 11 is 0. The lowest BCUT2D eigenvalue weighted by Crippen LogP contribution is -2.37. The molecule has 0 atom stereocenters. The molecule has 0 aliphatic heterocycles. The Kier molecular flexibility index (Phi) is 15.8. The number of esters is 2. The third kappa shape index (κ3) is 12.6. The third-order valence-corrected chi connectivity index (χ3v) is 3.27. The highest BCUT2D eigenvalue weighted by atomic mass is 16.5. The van der Waals surface area contributed by atoms with Crippen molar-refractivity contribution >= 4 is 11.9 Å². The van der Waals surface area contributed by atoms with Crippen molar-refractivity contribution in [2.75, 3.05) is 46.2 Å². The van der Waals surface area contributed by atoms with Crippen LogP contribution in [0.15, 0.2) is 24.3 Å². The van der Waals surface area contributed by atoms with E-state index in [-0.39, 0.29) is 44.2 Å². The van der Waals surface area contributed by atoms with E-state index in [1.54, 1.807) is 0 Å². The molecule has 3 N–H and O–H groups in total. The predicted octanol–water partition coefficient (Wildman–Crippen LogP) is 0.601. The minimum Gasteiger partial charge on any atom is -0.462 e. The molecule has 0 bridgehead atoms. The maximum absolute atomic E-state index is 11.3. The van der Waals surface area contributed by atoms with Crippen LogP contribution in [-0.2, 0) is 23.8 Å². The molecule has 0 unspecified atom stereocenters. The Hall–Kier alpha value is -1.74. The van der Waals surface area contributed by atoms with E-state index in [4.69, 9.17) is 19.7 Å². The molecule has 0 aromatic heterocycles. The average Bonchev–Trinajstić information content (AvgIpc) is 2.62. The van der Waals surface area contributed by atoms with Gasteiger partial charge in [0.05, 0.1) is 38.4 Å². The molecular formula is C18H32O8. The zero-order valence-corrected chi connectivity index (χ0v) is 16.0. The second kappa shape index (κ2) is 15.5. The summed E-state index contributed by atoms with van der Waals surface area (Å²) in [5.41, 5.74) is -0.236. The Morgan fingerprint density at radius 3 is 1.50 bits per heavy atom. The smallest absolute Gasteiger partial charge is 0.333 e. The summed E-state index contributed by atoms with van der Waals surface area (Å²) in [6.07, 6.45) is 0.496. The first kappa shape index (κ1) is 26.5. The van der Waals surface area contributed by atoms with Crippen molar-refractivity contribution in [3.8, 4) is 0 Å². The van der Waals surface area contributed by atoms with E-state index >= 15 is 0 Å². The zero-order valence-electron chi connectivity index (χ0n) is 16.0. The van der Waals surface area contributed by atoms with Gasteiger partial charge >= 0.3 is 11.9 Å². The molecule has 26 heavy (non-hydrogen) atoms. The zero-order chi connectivity index (χ0) is 20.6. The third-order valence-electron chi connectivity index (χ3n) is 3.27. The normalized spacial score (nSPS) is 10.4. The number of hydrogen-bond donors (Lipinski definition) is 3. The quantitative estimate of drug-likeness (QED) is 0.257. The van der Waals surface area contributed by atoms with Crippen LogP contribution < -0.4 is 0 Å². The molecule has 0 amide bonds. The monoisotopic (exact) mass is 376 g/mol. The lowest BCUT2D eigenvalue weighted by atomic mass is 9.88. The van der Waals surface area contributed by atoms with E-state index in [1.165, 1.54) is 13.8 Å². The molecule has 0 heterocycles. The molecule has 0 spiro atoms. The minimum absolute atomic E-state index is 0.0278. The number of aliphatic hydroxyl groups is 3. The molecule has 0 aliphatic carbocycles. The topological polar surface area (TPSA) is 123 Å². The fourth-order valence-corrected chi connectivity index (χ4v) is 1.36. The van der Waals surface area contributed by atoms with Gasteiger partial charge in [-0.25, -0.2) is 9.59 Å². The van der Waals surface area contributed by atoms with Crippen molar-refractivity contribution < 1.29 is 39.1 Å². The van der Waals surface area contributed by atoms with E-state index in [1.807, 2.05) is 6.92 Å². The fourth-order valence-electron chi connectivity index (χ4n) is 1.36. The van der Waals surface area contributed by atoms with Gasteiger partial charge in [-0.15, -0.1) is 0 Å². The first-order chi connectivity index (χ1) is 12.2. The average molecular weight is 376 g/mol. The van der Waals surface area contributed by atoms with E-state index < -0.39 is 17.4 Å². The van der Waals surface area contributed by atoms with Crippen molar-refractivity contribution in [1.82, 2.24) is 0 Å². The standard InChI is InChI=1S/C14H22O5.C4H10O3/c1-6-14(7-15,8-18-12(16)10(2)3)9-19-13(17)11(4)5;5-1-3-7-4-2-6/h15H,2,4,6-9H2,1,3,5H3;5-6H,1-4H2. The van der Waals surface area contributed by atoms with Crippen LogP contribution in [0.2, 0.25) is 0 Å². The second-order valence-corrected chi connectivity index (χ2v) is 5.78. The number of rotatable bonds is 12. The van der Waals surface area contributed by atoms with Crippen LogP contribution in [0.1, 0.15) is 27.2 Å². The van der Waals surface area contributed by atoms with Gasteiger partial charge in [-0.2, -0.15) is 0 Å². The molecule has 0 rings (SSSR count). The molecule has 8 nitrogen and oxygen atoms in total. The molecule has 0 radical (unpaired) electrons. The van der Waals surface area contributed by atoms with E-state index in [2.05, 4.69) is 17.9 Å². The van der Waals surface area contributed by atoms with Gasteiger partial charge in [0.25, 0.3) is 0 Å². The molecule has 152 valence electrons. The Balaban J connectivity index is 0. The summed E-state index contributed by atoms with van der Waals surface area (Å²) in [6.45, 7) is 12.2. The fraction of sp³-hybridized carbons (Fsp3) is 0.667. The maximum atomic E-state index is 11.3. The predicted molar refractivity (Wildman–Crippen MR) is 96.3 cm³/mol. The van der Waals surface area contributed by atoms with Crippen LogP contribution in [0.4, 0.5) is 0 Å². The first-order valence-electron chi connectivity index (χ1n) is 8.25. The van der Waals surface area contributed by atoms with Crippen LogP contribution in [-0.4, -0.2) is 73.5 Å². The molecule has 0 fully saturated rings. The van der Waals surface area contributed by atoms with Crippen LogP contribution in [0.25, 0.3) is 0 Å². The summed E-state index contributed by atoms with van der Waals surface area (Å²) in [6, 6.07) is 0. The largest absolute Gasteiger partial charge is 0.462 e. The number of hydrogen-bond acceptors (Lipinski definition) is 8. The van der Waals surface area contributed by atoms with Crippen molar-refractivity contribution in [3.63, 3.8) is 0 Å². The molecule has 0 saturated carbocycles. The lowest BCUT2D eigenvalue weighted by Gasteiger charge is -2.29. The van der Waals surface area contributed by atoms with Crippen molar-refractivity contribution in [2.24, 2.45) is 5.41 Å². The highest BCUT2D eigenvalue weighted by molar-refractivity contribution is 5.87. The molecule has 0 aromatic carbocycles. The number of aliphatic hydroxyl groups excluding tert-OH is 3. The van der Waals surface area contributed by atoms with Gasteiger partial charge in [0, 0.05) is 11.1 Å². The van der Waals surface area contributed by atoms with Crippen molar-refractivity contribution in [3.05, 3.63) is 24.3 Å². The lowest BCUT2D eigenvalue weighted by molar-refractivity contribution is -0.151. The van der Waals surface area contributed by atoms with E-state index in [0.29, 0.717) is 19.6 Å². The summed E-state index contributed by atoms with van der Waals surface area (Å²) in [5.74, 6) is -1.06. The van der Waals surface area contributed by atoms with E-state index in [9.17, 15) is 14.7 Å². The second-order valence-electron chi connectivity index (χ2n) is 5.78. The minimum atomic E-state index is -0.795. The highest BCUT2D eigenvalue weighted by Gasteiger charge is 2.31. The van der Waals surface area contributed by atoms with Gasteiger partial charge in [-0.05, 0) is 20.3 Å².